The second-order valence-electron chi connectivity index (χ2n) is 18.5. The minimum atomic E-state index is -0.872. The van der Waals surface area contributed by atoms with E-state index in [4.69, 9.17) is 14.2 Å². The number of unbranched alkanes of at least 4 members (excludes halogenated alkanes) is 29. The van der Waals surface area contributed by atoms with Crippen LogP contribution in [0.15, 0.2) is 24.3 Å². The number of likely N-dealkylation sites (N-methyl/N-ethyl adjacent to an activating group) is 1. The van der Waals surface area contributed by atoms with Crippen LogP contribution < -0.4 is 0 Å². The Bertz CT molecular complexity index is 1040. The fourth-order valence-electron chi connectivity index (χ4n) is 7.67. The van der Waals surface area contributed by atoms with Crippen LogP contribution in [0.3, 0.4) is 0 Å². The molecule has 0 radical (unpaired) electrons. The van der Waals surface area contributed by atoms with Crippen LogP contribution in [0, 0.1) is 0 Å². The van der Waals surface area contributed by atoms with E-state index in [0.29, 0.717) is 19.3 Å². The highest BCUT2D eigenvalue weighted by molar-refractivity contribution is 5.72. The summed E-state index contributed by atoms with van der Waals surface area (Å²) in [4.78, 5) is 37.1. The average Bonchev–Trinajstić information content (AvgIpc) is 3.21. The van der Waals surface area contributed by atoms with E-state index in [1.807, 2.05) is 21.1 Å². The number of carboxylic acid groups (broad SMARTS) is 1. The number of carbonyl (C=O) groups is 3. The summed E-state index contributed by atoms with van der Waals surface area (Å²) >= 11 is 0. The minimum Gasteiger partial charge on any atom is -0.477 e. The Morgan fingerprint density at radius 2 is 0.867 bits per heavy atom. The van der Waals surface area contributed by atoms with Crippen LogP contribution in [0.25, 0.3) is 0 Å². The van der Waals surface area contributed by atoms with Gasteiger partial charge < -0.3 is 23.8 Å². The molecule has 0 aromatic rings. The van der Waals surface area contributed by atoms with Crippen LogP contribution in [0.4, 0.5) is 0 Å². The highest BCUT2D eigenvalue weighted by Crippen LogP contribution is 2.16. The van der Waals surface area contributed by atoms with Gasteiger partial charge in [-0.1, -0.05) is 205 Å². The van der Waals surface area contributed by atoms with E-state index in [1.165, 1.54) is 167 Å². The van der Waals surface area contributed by atoms with Crippen LogP contribution in [-0.4, -0.2) is 80.6 Å². The monoisotopic (exact) mass is 849 g/mol. The third-order valence-electron chi connectivity index (χ3n) is 11.6. The van der Waals surface area contributed by atoms with Gasteiger partial charge in [-0.2, -0.15) is 0 Å². The summed E-state index contributed by atoms with van der Waals surface area (Å²) in [6.45, 7) is 4.75. The van der Waals surface area contributed by atoms with Crippen LogP contribution in [0.5, 0.6) is 0 Å². The molecule has 0 spiro atoms. The lowest BCUT2D eigenvalue weighted by molar-refractivity contribution is -0.887. The van der Waals surface area contributed by atoms with Crippen LogP contribution in [0.2, 0.25) is 0 Å². The smallest absolute Gasteiger partial charge is 0.362 e. The molecule has 2 atom stereocenters. The third kappa shape index (κ3) is 41.2. The first-order valence-corrected chi connectivity index (χ1v) is 25.4. The van der Waals surface area contributed by atoms with Gasteiger partial charge in [0.15, 0.2) is 12.1 Å². The van der Waals surface area contributed by atoms with E-state index >= 15 is 0 Å². The molecule has 0 aromatic carbocycles. The summed E-state index contributed by atoms with van der Waals surface area (Å²) in [6.07, 6.45) is 49.3. The van der Waals surface area contributed by atoms with Crippen molar-refractivity contribution in [1.29, 1.82) is 0 Å². The summed E-state index contributed by atoms with van der Waals surface area (Å²) in [7, 11) is 5.54. The maximum atomic E-state index is 12.8. The van der Waals surface area contributed by atoms with Gasteiger partial charge in [-0.05, 0) is 38.5 Å². The van der Waals surface area contributed by atoms with Gasteiger partial charge in [0.25, 0.3) is 0 Å². The molecule has 1 N–H and O–H groups in total. The number of carboxylic acids is 1. The number of allylic oxidation sites excluding steroid dienone is 4. The Morgan fingerprint density at radius 3 is 1.27 bits per heavy atom. The number of aliphatic carboxylic acids is 1. The lowest BCUT2D eigenvalue weighted by Crippen LogP contribution is -2.50. The van der Waals surface area contributed by atoms with Crippen molar-refractivity contribution in [3.8, 4) is 0 Å². The van der Waals surface area contributed by atoms with E-state index in [9.17, 15) is 19.5 Å². The Labute approximate surface area is 371 Å². The van der Waals surface area contributed by atoms with Crippen molar-refractivity contribution in [1.82, 2.24) is 0 Å². The molecule has 352 valence electrons. The lowest BCUT2D eigenvalue weighted by atomic mass is 10.0. The molecule has 2 unspecified atom stereocenters. The predicted molar refractivity (Wildman–Crippen MR) is 252 cm³/mol. The first kappa shape index (κ1) is 57.8. The fraction of sp³-hybridized carbons (Fsp3) is 0.865. The summed E-state index contributed by atoms with van der Waals surface area (Å²) in [6, 6.07) is -0.613. The molecule has 0 aliphatic heterocycles. The van der Waals surface area contributed by atoms with E-state index in [2.05, 4.69) is 38.2 Å². The summed E-state index contributed by atoms with van der Waals surface area (Å²) in [5.41, 5.74) is 0. The summed E-state index contributed by atoms with van der Waals surface area (Å²) in [5.74, 6) is -1.45. The standard InChI is InChI=1S/C52H97NO7/c1-6-8-10-12-14-16-18-20-22-24-25-26-27-29-31-33-35-37-39-41-43-51(55)60-48(46-58-45-44-49(52(56)57)53(3,4)5)47-59-50(54)42-40-38-36-34-32-30-28-23-21-19-17-15-13-11-9-7-2/h16,18,20,22,48-49H,6-15,17,19,21,23-47H2,1-5H3/p+1/b18-16+,22-20+. The molecule has 0 amide bonds. The van der Waals surface area contributed by atoms with Gasteiger partial charge in [-0.25, -0.2) is 4.79 Å². The van der Waals surface area contributed by atoms with Gasteiger partial charge in [0.2, 0.25) is 0 Å². The van der Waals surface area contributed by atoms with E-state index in [-0.39, 0.29) is 36.2 Å². The summed E-state index contributed by atoms with van der Waals surface area (Å²) in [5, 5.41) is 9.65. The fourth-order valence-corrected chi connectivity index (χ4v) is 7.67. The second kappa shape index (κ2) is 43.5. The zero-order valence-electron chi connectivity index (χ0n) is 40.2. The Morgan fingerprint density at radius 1 is 0.500 bits per heavy atom. The van der Waals surface area contributed by atoms with Gasteiger partial charge in [-0.3, -0.25) is 9.59 Å². The van der Waals surface area contributed by atoms with Crippen LogP contribution in [-0.2, 0) is 28.6 Å². The van der Waals surface area contributed by atoms with E-state index in [0.717, 1.165) is 38.5 Å². The zero-order valence-corrected chi connectivity index (χ0v) is 40.2. The highest BCUT2D eigenvalue weighted by Gasteiger charge is 2.31. The molecule has 8 nitrogen and oxygen atoms in total. The number of hydrogen-bond acceptors (Lipinski definition) is 6. The van der Waals surface area contributed by atoms with Crippen molar-refractivity contribution in [3.05, 3.63) is 24.3 Å². The van der Waals surface area contributed by atoms with Gasteiger partial charge in [0.1, 0.15) is 6.61 Å². The Kier molecular flexibility index (Phi) is 41.9. The molecule has 0 aliphatic carbocycles. The van der Waals surface area contributed by atoms with Crippen molar-refractivity contribution in [2.75, 3.05) is 41.0 Å². The number of ether oxygens (including phenoxy) is 3. The molecular weight excluding hydrogens is 751 g/mol. The molecule has 0 saturated heterocycles. The number of carbonyl (C=O) groups excluding carboxylic acids is 2. The lowest BCUT2D eigenvalue weighted by Gasteiger charge is -2.31. The van der Waals surface area contributed by atoms with E-state index in [1.54, 1.807) is 0 Å². The molecule has 8 heteroatoms. The molecule has 0 heterocycles. The Hall–Kier alpha value is -2.19. The van der Waals surface area contributed by atoms with E-state index < -0.39 is 18.1 Å². The zero-order chi connectivity index (χ0) is 44.2. The Balaban J connectivity index is 4.23. The molecule has 0 rings (SSSR count). The predicted octanol–water partition coefficient (Wildman–Crippen LogP) is 14.4. The van der Waals surface area contributed by atoms with Gasteiger partial charge in [0, 0.05) is 19.3 Å². The number of quaternary nitrogens is 1. The quantitative estimate of drug-likeness (QED) is 0.0282. The maximum Gasteiger partial charge on any atom is 0.362 e. The van der Waals surface area contributed by atoms with Crippen molar-refractivity contribution in [2.24, 2.45) is 0 Å². The normalized spacial score (nSPS) is 13.0. The highest BCUT2D eigenvalue weighted by atomic mass is 16.6. The number of esters is 2. The van der Waals surface area contributed by atoms with Crippen molar-refractivity contribution in [3.63, 3.8) is 0 Å². The third-order valence-corrected chi connectivity index (χ3v) is 11.6. The van der Waals surface area contributed by atoms with Crippen molar-refractivity contribution in [2.45, 2.75) is 251 Å². The largest absolute Gasteiger partial charge is 0.477 e. The number of rotatable bonds is 46. The number of nitrogens with zero attached hydrogens (tertiary/aromatic N) is 1. The van der Waals surface area contributed by atoms with Crippen LogP contribution >= 0.6 is 0 Å². The summed E-state index contributed by atoms with van der Waals surface area (Å²) < 4.78 is 17.4. The van der Waals surface area contributed by atoms with Gasteiger partial charge in [-0.15, -0.1) is 0 Å². The topological polar surface area (TPSA) is 99.1 Å². The van der Waals surface area contributed by atoms with Gasteiger partial charge >= 0.3 is 17.9 Å². The van der Waals surface area contributed by atoms with Gasteiger partial charge in [0.05, 0.1) is 34.4 Å². The first-order valence-electron chi connectivity index (χ1n) is 25.4. The molecule has 0 bridgehead atoms. The molecular formula is C52H98NO7+. The molecule has 0 aromatic heterocycles. The maximum absolute atomic E-state index is 12.8. The molecule has 0 aliphatic rings. The molecule has 0 saturated carbocycles. The van der Waals surface area contributed by atoms with Crippen molar-refractivity contribution >= 4 is 17.9 Å². The van der Waals surface area contributed by atoms with Crippen molar-refractivity contribution < 1.29 is 38.2 Å². The second-order valence-corrected chi connectivity index (χ2v) is 18.5. The average molecular weight is 849 g/mol. The first-order chi connectivity index (χ1) is 29.1. The molecule has 60 heavy (non-hydrogen) atoms. The number of hydrogen-bond donors (Lipinski definition) is 1. The SMILES string of the molecule is CCCCCC/C=C/C=C/CCCCCCCCCCCCC(=O)OC(COCCC(C(=O)O)[N+](C)(C)C)COC(=O)CCCCCCCCCCCCCCCCCC. The minimum absolute atomic E-state index is 0.0472. The van der Waals surface area contributed by atoms with Crippen LogP contribution in [0.1, 0.15) is 239 Å². The molecule has 0 fully saturated rings.